The van der Waals surface area contributed by atoms with E-state index in [1.54, 1.807) is 0 Å². The molecule has 0 N–H and O–H groups in total. The molecule has 23 heavy (non-hydrogen) atoms. The number of nitro groups is 1. The fourth-order valence-electron chi connectivity index (χ4n) is 2.24. The van der Waals surface area contributed by atoms with Crippen LogP contribution in [0.15, 0.2) is 40.3 Å². The minimum absolute atomic E-state index is 0.0265. The summed E-state index contributed by atoms with van der Waals surface area (Å²) in [6, 6.07) is 5.81. The zero-order chi connectivity index (χ0) is 16.7. The maximum Gasteiger partial charge on any atom is 0.433 e. The van der Waals surface area contributed by atoms with Gasteiger partial charge in [-0.05, 0) is 29.8 Å². The van der Waals surface area contributed by atoms with Crippen molar-refractivity contribution < 1.29 is 28.8 Å². The van der Waals surface area contributed by atoms with Gasteiger partial charge in [-0.25, -0.2) is 0 Å². The fourth-order valence-corrected chi connectivity index (χ4v) is 2.24. The second-order valence-electron chi connectivity index (χ2n) is 4.70. The first-order valence-electron chi connectivity index (χ1n) is 6.29. The van der Waals surface area contributed by atoms with E-state index < -0.39 is 28.3 Å². The predicted molar refractivity (Wildman–Crippen MR) is 72.8 cm³/mol. The number of nitrogens with zero attached hydrogens (tertiary/aromatic N) is 1. The van der Waals surface area contributed by atoms with Gasteiger partial charge < -0.3 is 14.3 Å². The van der Waals surface area contributed by atoms with Crippen LogP contribution in [0.4, 0.5) is 5.88 Å². The van der Waals surface area contributed by atoms with Crippen molar-refractivity contribution in [3.8, 4) is 0 Å². The molecule has 0 amide bonds. The van der Waals surface area contributed by atoms with Crippen LogP contribution in [0, 0.1) is 10.1 Å². The fraction of sp³-hybridized carbons (Fsp3) is 0. The number of carbonyl (C=O) groups excluding carboxylic acids is 3. The van der Waals surface area contributed by atoms with E-state index in [0.29, 0.717) is 0 Å². The maximum atomic E-state index is 12.2. The highest BCUT2D eigenvalue weighted by atomic mass is 16.6. The highest BCUT2D eigenvalue weighted by Crippen LogP contribution is 2.29. The molecule has 1 aliphatic rings. The molecule has 8 nitrogen and oxygen atoms in total. The summed E-state index contributed by atoms with van der Waals surface area (Å²) in [5.41, 5.74) is -0.462. The van der Waals surface area contributed by atoms with E-state index in [1.807, 2.05) is 0 Å². The number of allylic oxidation sites excluding steroid dienone is 1. The molecule has 0 saturated heterocycles. The van der Waals surface area contributed by atoms with E-state index in [0.717, 1.165) is 18.2 Å². The average Bonchev–Trinajstić information content (AvgIpc) is 3.07. The zero-order valence-electron chi connectivity index (χ0n) is 11.3. The predicted octanol–water partition coefficient (Wildman–Crippen LogP) is 1.01. The monoisotopic (exact) mass is 312 g/mol. The van der Waals surface area contributed by atoms with Crippen LogP contribution in [0.2, 0.25) is 0 Å². The van der Waals surface area contributed by atoms with E-state index in [2.05, 4.69) is 0 Å². The van der Waals surface area contributed by atoms with Crippen molar-refractivity contribution in [2.75, 3.05) is 0 Å². The summed E-state index contributed by atoms with van der Waals surface area (Å²) in [7, 11) is 0. The standard InChI is InChI=1S/C15H7NO7/c17-13-9-3-1-7(15(19)20)5-10(9)14(18)11(13)6-8-2-4-12(23-8)16(21)22/h1-6H,(H,19,20)/p-1/b11-6+. The van der Waals surface area contributed by atoms with E-state index in [-0.39, 0.29) is 28.0 Å². The smallest absolute Gasteiger partial charge is 0.433 e. The lowest BCUT2D eigenvalue weighted by Crippen LogP contribution is -2.22. The van der Waals surface area contributed by atoms with Crippen LogP contribution in [0.5, 0.6) is 0 Å². The molecule has 0 fully saturated rings. The van der Waals surface area contributed by atoms with Gasteiger partial charge in [0.15, 0.2) is 11.6 Å². The van der Waals surface area contributed by atoms with Crippen molar-refractivity contribution in [1.82, 2.24) is 0 Å². The average molecular weight is 312 g/mol. The Morgan fingerprint density at radius 3 is 2.39 bits per heavy atom. The van der Waals surface area contributed by atoms with Gasteiger partial charge in [0.2, 0.25) is 0 Å². The van der Waals surface area contributed by atoms with Crippen molar-refractivity contribution in [3.63, 3.8) is 0 Å². The molecule has 1 heterocycles. The number of carbonyl (C=O) groups is 3. The SMILES string of the molecule is O=C([O-])c1ccc2c(c1)C(=O)/C(=C/c1ccc([N+](=O)[O-])o1)C2=O. The van der Waals surface area contributed by atoms with Crippen molar-refractivity contribution in [2.45, 2.75) is 0 Å². The van der Waals surface area contributed by atoms with E-state index >= 15 is 0 Å². The Labute approximate surface area is 127 Å². The molecule has 0 aliphatic heterocycles. The van der Waals surface area contributed by atoms with Crippen molar-refractivity contribution >= 4 is 29.5 Å². The maximum absolute atomic E-state index is 12.2. The second kappa shape index (κ2) is 5.02. The molecule has 0 atom stereocenters. The summed E-state index contributed by atoms with van der Waals surface area (Å²) in [5, 5.41) is 21.4. The lowest BCUT2D eigenvalue weighted by molar-refractivity contribution is -0.402. The summed E-state index contributed by atoms with van der Waals surface area (Å²) < 4.78 is 4.88. The Morgan fingerprint density at radius 2 is 1.78 bits per heavy atom. The number of Topliss-reactive ketones (excluding diaryl/α,β-unsaturated/α-hetero) is 2. The molecule has 0 bridgehead atoms. The Kier molecular flexibility index (Phi) is 3.14. The Hall–Kier alpha value is -3.55. The van der Waals surface area contributed by atoms with E-state index in [9.17, 15) is 29.6 Å². The van der Waals surface area contributed by atoms with Crippen LogP contribution in [-0.4, -0.2) is 22.5 Å². The third-order valence-corrected chi connectivity index (χ3v) is 3.31. The van der Waals surface area contributed by atoms with Gasteiger partial charge in [0.05, 0.1) is 17.6 Å². The van der Waals surface area contributed by atoms with Gasteiger partial charge in [0.25, 0.3) is 0 Å². The Balaban J connectivity index is 2.03. The van der Waals surface area contributed by atoms with E-state index in [1.165, 1.54) is 18.2 Å². The highest BCUT2D eigenvalue weighted by molar-refractivity contribution is 6.41. The lowest BCUT2D eigenvalue weighted by atomic mass is 10.1. The molecule has 0 saturated carbocycles. The summed E-state index contributed by atoms with van der Waals surface area (Å²) in [5.74, 6) is -3.29. The summed E-state index contributed by atoms with van der Waals surface area (Å²) in [6.45, 7) is 0. The number of rotatable bonds is 3. The number of ketones is 2. The molecule has 0 radical (unpaired) electrons. The molecule has 1 aromatic carbocycles. The zero-order valence-corrected chi connectivity index (χ0v) is 11.3. The number of carboxylic acid groups (broad SMARTS) is 1. The van der Waals surface area contributed by atoms with Crippen molar-refractivity contribution in [1.29, 1.82) is 0 Å². The minimum Gasteiger partial charge on any atom is -0.545 e. The van der Waals surface area contributed by atoms with Gasteiger partial charge in [-0.2, -0.15) is 0 Å². The Bertz CT molecular complexity index is 920. The molecular weight excluding hydrogens is 306 g/mol. The number of hydrogen-bond donors (Lipinski definition) is 0. The molecular formula is C15H6NO7-. The van der Waals surface area contributed by atoms with Gasteiger partial charge in [0, 0.05) is 11.1 Å². The van der Waals surface area contributed by atoms with Crippen LogP contribution in [0.3, 0.4) is 0 Å². The van der Waals surface area contributed by atoms with Crippen LogP contribution >= 0.6 is 0 Å². The van der Waals surface area contributed by atoms with Crippen molar-refractivity contribution in [2.24, 2.45) is 0 Å². The number of hydrogen-bond acceptors (Lipinski definition) is 7. The quantitative estimate of drug-likeness (QED) is 0.357. The lowest BCUT2D eigenvalue weighted by Gasteiger charge is -2.03. The highest BCUT2D eigenvalue weighted by Gasteiger charge is 2.33. The largest absolute Gasteiger partial charge is 0.545 e. The number of furan rings is 1. The van der Waals surface area contributed by atoms with Crippen LogP contribution < -0.4 is 5.11 Å². The molecule has 0 unspecified atom stereocenters. The molecule has 0 spiro atoms. The first kappa shape index (κ1) is 14.4. The van der Waals surface area contributed by atoms with Gasteiger partial charge in [-0.1, -0.05) is 6.07 Å². The molecule has 8 heteroatoms. The number of carboxylic acids is 1. The van der Waals surface area contributed by atoms with Gasteiger partial charge in [-0.3, -0.25) is 19.7 Å². The molecule has 114 valence electrons. The molecule has 1 aliphatic carbocycles. The van der Waals surface area contributed by atoms with Gasteiger partial charge in [-0.15, -0.1) is 0 Å². The number of benzene rings is 1. The third-order valence-electron chi connectivity index (χ3n) is 3.31. The third kappa shape index (κ3) is 2.31. The van der Waals surface area contributed by atoms with Crippen molar-refractivity contribution in [3.05, 3.63) is 68.5 Å². The summed E-state index contributed by atoms with van der Waals surface area (Å²) in [4.78, 5) is 45.1. The van der Waals surface area contributed by atoms with E-state index in [4.69, 9.17) is 4.42 Å². The van der Waals surface area contributed by atoms with Crippen LogP contribution in [0.1, 0.15) is 36.8 Å². The van der Waals surface area contributed by atoms with Crippen LogP contribution in [0.25, 0.3) is 6.08 Å². The summed E-state index contributed by atoms with van der Waals surface area (Å²) in [6.07, 6.45) is 1.09. The Morgan fingerprint density at radius 1 is 1.09 bits per heavy atom. The van der Waals surface area contributed by atoms with Gasteiger partial charge >= 0.3 is 5.88 Å². The first-order chi connectivity index (χ1) is 10.9. The van der Waals surface area contributed by atoms with Gasteiger partial charge in [0.1, 0.15) is 10.7 Å². The molecule has 2 aromatic rings. The topological polar surface area (TPSA) is 131 Å². The van der Waals surface area contributed by atoms with Crippen LogP contribution in [-0.2, 0) is 0 Å². The molecule has 3 rings (SSSR count). The summed E-state index contributed by atoms with van der Waals surface area (Å²) >= 11 is 0. The minimum atomic E-state index is -1.47. The number of aromatic carboxylic acids is 1. The molecule has 1 aromatic heterocycles. The first-order valence-corrected chi connectivity index (χ1v) is 6.29. The number of fused-ring (bicyclic) bond motifs is 1. The second-order valence-corrected chi connectivity index (χ2v) is 4.70. The normalized spacial score (nSPS) is 15.0.